The van der Waals surface area contributed by atoms with Crippen molar-refractivity contribution in [3.05, 3.63) is 56.6 Å². The summed E-state index contributed by atoms with van der Waals surface area (Å²) in [6, 6.07) is 15.5. The number of amides is 1. The van der Waals surface area contributed by atoms with Gasteiger partial charge in [0.25, 0.3) is 0 Å². The second kappa shape index (κ2) is 8.88. The normalized spacial score (nSPS) is 11.1. The number of carbonyl (C=O) groups is 1. The molecule has 0 aliphatic carbocycles. The molecule has 0 bridgehead atoms. The highest BCUT2D eigenvalue weighted by Gasteiger charge is 2.18. The highest BCUT2D eigenvalue weighted by Crippen LogP contribution is 2.30. The Bertz CT molecular complexity index is 1170. The lowest BCUT2D eigenvalue weighted by Gasteiger charge is -2.07. The van der Waals surface area contributed by atoms with Gasteiger partial charge < -0.3 is 9.73 Å². The van der Waals surface area contributed by atoms with Crippen LogP contribution in [0.1, 0.15) is 6.92 Å². The lowest BCUT2D eigenvalue weighted by atomic mass is 10.2. The first-order chi connectivity index (χ1) is 14.0. The van der Waals surface area contributed by atoms with E-state index in [9.17, 15) is 4.79 Å². The van der Waals surface area contributed by atoms with Crippen molar-refractivity contribution in [2.24, 2.45) is 0 Å². The number of anilines is 1. The van der Waals surface area contributed by atoms with Gasteiger partial charge in [-0.2, -0.15) is 0 Å². The van der Waals surface area contributed by atoms with Gasteiger partial charge in [0, 0.05) is 25.7 Å². The molecule has 0 fully saturated rings. The maximum Gasteiger partial charge on any atom is 0.234 e. The summed E-state index contributed by atoms with van der Waals surface area (Å²) in [5.74, 6) is 1.47. The van der Waals surface area contributed by atoms with E-state index in [1.165, 1.54) is 11.8 Å². The van der Waals surface area contributed by atoms with E-state index in [1.54, 1.807) is 0 Å². The SMILES string of the molecule is CCn1c(SCC(=O)Nc2ccc(I)cc2)nnc1-c1cc2cc(Br)ccc2o1. The summed E-state index contributed by atoms with van der Waals surface area (Å²) in [4.78, 5) is 12.3. The molecule has 1 amide bonds. The van der Waals surface area contributed by atoms with E-state index in [2.05, 4.69) is 54.0 Å². The third-order valence-corrected chi connectivity index (χ3v) is 6.37. The third kappa shape index (κ3) is 4.67. The zero-order chi connectivity index (χ0) is 20.4. The summed E-state index contributed by atoms with van der Waals surface area (Å²) < 4.78 is 10.0. The topological polar surface area (TPSA) is 73.0 Å². The standard InChI is InChI=1S/C20H16BrIN4O2S/c1-2-26-19(17-10-12-9-13(21)3-8-16(12)28-17)24-25-20(26)29-11-18(27)23-15-6-4-14(22)5-7-15/h3-10H,2,11H2,1H3,(H,23,27). The lowest BCUT2D eigenvalue weighted by Crippen LogP contribution is -2.14. The first kappa shape index (κ1) is 20.4. The van der Waals surface area contributed by atoms with Gasteiger partial charge in [0.05, 0.1) is 5.75 Å². The van der Waals surface area contributed by atoms with Gasteiger partial charge in [0.1, 0.15) is 5.58 Å². The maximum absolute atomic E-state index is 12.3. The van der Waals surface area contributed by atoms with Crippen LogP contribution in [-0.4, -0.2) is 26.4 Å². The summed E-state index contributed by atoms with van der Waals surface area (Å²) in [7, 11) is 0. The molecule has 6 nitrogen and oxygen atoms in total. The molecule has 1 N–H and O–H groups in total. The van der Waals surface area contributed by atoms with Crippen LogP contribution < -0.4 is 5.32 Å². The number of benzene rings is 2. The smallest absolute Gasteiger partial charge is 0.234 e. The number of aromatic nitrogens is 3. The summed E-state index contributed by atoms with van der Waals surface area (Å²) in [5.41, 5.74) is 1.57. The molecule has 0 aliphatic rings. The van der Waals surface area contributed by atoms with Crippen LogP contribution in [0.2, 0.25) is 0 Å². The Kier molecular flexibility index (Phi) is 6.26. The lowest BCUT2D eigenvalue weighted by molar-refractivity contribution is -0.113. The van der Waals surface area contributed by atoms with Gasteiger partial charge >= 0.3 is 0 Å². The molecule has 4 rings (SSSR count). The average Bonchev–Trinajstić information content (AvgIpc) is 3.31. The highest BCUT2D eigenvalue weighted by molar-refractivity contribution is 14.1. The quantitative estimate of drug-likeness (QED) is 0.229. The van der Waals surface area contributed by atoms with Gasteiger partial charge in [0.2, 0.25) is 11.7 Å². The van der Waals surface area contributed by atoms with E-state index in [1.807, 2.05) is 60.0 Å². The molecule has 29 heavy (non-hydrogen) atoms. The Hall–Kier alpha value is -1.85. The number of halogens is 2. The van der Waals surface area contributed by atoms with Gasteiger partial charge in [-0.1, -0.05) is 27.7 Å². The molecular weight excluding hydrogens is 567 g/mol. The van der Waals surface area contributed by atoms with Crippen molar-refractivity contribution in [1.29, 1.82) is 0 Å². The van der Waals surface area contributed by atoms with Crippen LogP contribution in [0, 0.1) is 3.57 Å². The summed E-state index contributed by atoms with van der Waals surface area (Å²) in [6.07, 6.45) is 0. The number of carbonyl (C=O) groups excluding carboxylic acids is 1. The van der Waals surface area contributed by atoms with E-state index in [-0.39, 0.29) is 11.7 Å². The molecule has 0 spiro atoms. The predicted molar refractivity (Wildman–Crippen MR) is 127 cm³/mol. The van der Waals surface area contributed by atoms with Crippen molar-refractivity contribution < 1.29 is 9.21 Å². The summed E-state index contributed by atoms with van der Waals surface area (Å²) in [6.45, 7) is 2.69. The minimum atomic E-state index is -0.0861. The fourth-order valence-corrected chi connectivity index (χ4v) is 4.39. The molecule has 0 aliphatic heterocycles. The van der Waals surface area contributed by atoms with Crippen molar-refractivity contribution >= 4 is 72.8 Å². The largest absolute Gasteiger partial charge is 0.453 e. The molecule has 2 aromatic carbocycles. The first-order valence-corrected chi connectivity index (χ1v) is 11.7. The molecule has 4 aromatic rings. The van der Waals surface area contributed by atoms with Crippen molar-refractivity contribution in [2.75, 3.05) is 11.1 Å². The monoisotopic (exact) mass is 582 g/mol. The zero-order valence-electron chi connectivity index (χ0n) is 15.4. The maximum atomic E-state index is 12.3. The number of nitrogens with zero attached hydrogens (tertiary/aromatic N) is 3. The van der Waals surface area contributed by atoms with Gasteiger partial charge in [-0.25, -0.2) is 0 Å². The molecule has 2 aromatic heterocycles. The molecule has 0 radical (unpaired) electrons. The molecule has 2 heterocycles. The molecule has 9 heteroatoms. The Balaban J connectivity index is 1.49. The number of nitrogens with one attached hydrogen (secondary N) is 1. The van der Waals surface area contributed by atoms with Gasteiger partial charge in [0.15, 0.2) is 10.9 Å². The van der Waals surface area contributed by atoms with Gasteiger partial charge in [-0.15, -0.1) is 10.2 Å². The zero-order valence-corrected chi connectivity index (χ0v) is 19.9. The molecular formula is C20H16BrIN4O2S. The summed E-state index contributed by atoms with van der Waals surface area (Å²) in [5, 5.41) is 13.1. The number of hydrogen-bond donors (Lipinski definition) is 1. The van der Waals surface area contributed by atoms with Crippen LogP contribution in [0.15, 0.2) is 62.6 Å². The molecule has 0 unspecified atom stereocenters. The van der Waals surface area contributed by atoms with Crippen molar-refractivity contribution in [3.63, 3.8) is 0 Å². The van der Waals surface area contributed by atoms with Gasteiger partial charge in [-0.05, 0) is 78.0 Å². The highest BCUT2D eigenvalue weighted by atomic mass is 127. The number of fused-ring (bicyclic) bond motifs is 1. The number of hydrogen-bond acceptors (Lipinski definition) is 5. The van der Waals surface area contributed by atoms with E-state index < -0.39 is 0 Å². The van der Waals surface area contributed by atoms with E-state index in [0.29, 0.717) is 23.3 Å². The van der Waals surface area contributed by atoms with Crippen LogP contribution in [-0.2, 0) is 11.3 Å². The van der Waals surface area contributed by atoms with Crippen LogP contribution in [0.25, 0.3) is 22.6 Å². The Morgan fingerprint density at radius 1 is 1.21 bits per heavy atom. The fraction of sp³-hybridized carbons (Fsp3) is 0.150. The number of furan rings is 1. The molecule has 0 atom stereocenters. The van der Waals surface area contributed by atoms with Crippen molar-refractivity contribution in [2.45, 2.75) is 18.6 Å². The number of rotatable bonds is 6. The predicted octanol–water partition coefficient (Wildman–Crippen LogP) is 5.81. The number of thioether (sulfide) groups is 1. The third-order valence-electron chi connectivity index (χ3n) is 4.19. The fourth-order valence-electron chi connectivity index (χ4n) is 2.85. The van der Waals surface area contributed by atoms with Crippen molar-refractivity contribution in [3.8, 4) is 11.6 Å². The van der Waals surface area contributed by atoms with Crippen LogP contribution in [0.5, 0.6) is 0 Å². The van der Waals surface area contributed by atoms with E-state index in [4.69, 9.17) is 4.42 Å². The minimum absolute atomic E-state index is 0.0861. The Morgan fingerprint density at radius 2 is 2.00 bits per heavy atom. The molecule has 0 saturated carbocycles. The average molecular weight is 583 g/mol. The van der Waals surface area contributed by atoms with Crippen LogP contribution in [0.4, 0.5) is 5.69 Å². The van der Waals surface area contributed by atoms with Crippen LogP contribution >= 0.6 is 50.3 Å². The van der Waals surface area contributed by atoms with Gasteiger partial charge in [-0.3, -0.25) is 9.36 Å². The second-order valence-corrected chi connectivity index (χ2v) is 9.29. The minimum Gasteiger partial charge on any atom is -0.453 e. The van der Waals surface area contributed by atoms with Crippen molar-refractivity contribution in [1.82, 2.24) is 14.8 Å². The first-order valence-electron chi connectivity index (χ1n) is 8.84. The van der Waals surface area contributed by atoms with Crippen LogP contribution in [0.3, 0.4) is 0 Å². The second-order valence-electron chi connectivity index (χ2n) is 6.19. The Morgan fingerprint density at radius 3 is 2.76 bits per heavy atom. The molecule has 0 saturated heterocycles. The van der Waals surface area contributed by atoms with E-state index in [0.717, 1.165) is 24.7 Å². The molecule has 148 valence electrons. The Labute approximate surface area is 193 Å². The summed E-state index contributed by atoms with van der Waals surface area (Å²) >= 11 is 7.06. The van der Waals surface area contributed by atoms with E-state index >= 15 is 0 Å².